The van der Waals surface area contributed by atoms with Crippen molar-refractivity contribution < 1.29 is 23.1 Å². The first kappa shape index (κ1) is 15.5. The Morgan fingerprint density at radius 3 is 2.50 bits per heavy atom. The van der Waals surface area contributed by atoms with Gasteiger partial charge < -0.3 is 20.1 Å². The molecule has 0 saturated carbocycles. The topological polar surface area (TPSA) is 95.9 Å². The molecule has 0 bridgehead atoms. The van der Waals surface area contributed by atoms with Crippen LogP contribution in [0.2, 0.25) is 0 Å². The second kappa shape index (κ2) is 6.28. The van der Waals surface area contributed by atoms with E-state index in [2.05, 4.69) is 5.32 Å². The number of hydrogen-bond acceptors (Lipinski definition) is 6. The van der Waals surface area contributed by atoms with Crippen molar-refractivity contribution in [2.45, 2.75) is 38.0 Å². The fourth-order valence-corrected chi connectivity index (χ4v) is 4.49. The molecule has 116 valence electrons. The third-order valence-corrected chi connectivity index (χ3v) is 5.51. The summed E-state index contributed by atoms with van der Waals surface area (Å²) in [6.45, 7) is 3.31. The van der Waals surface area contributed by atoms with Crippen LogP contribution in [0, 0.1) is 0 Å². The number of carbonyl (C=O) groups is 1. The zero-order valence-corrected chi connectivity index (χ0v) is 12.4. The minimum atomic E-state index is -3.12. The fourth-order valence-electron chi connectivity index (χ4n) is 2.73. The van der Waals surface area contributed by atoms with Gasteiger partial charge in [0.1, 0.15) is 0 Å². The van der Waals surface area contributed by atoms with Crippen LogP contribution in [0.3, 0.4) is 0 Å². The zero-order chi connectivity index (χ0) is 14.8. The predicted molar refractivity (Wildman–Crippen MR) is 73.2 cm³/mol. The summed E-state index contributed by atoms with van der Waals surface area (Å²) in [5.41, 5.74) is 0. The molecule has 8 heteroatoms. The molecule has 0 aliphatic carbocycles. The van der Waals surface area contributed by atoms with Gasteiger partial charge in [0.05, 0.1) is 24.2 Å². The summed E-state index contributed by atoms with van der Waals surface area (Å²) in [5, 5.41) is 12.9. The van der Waals surface area contributed by atoms with E-state index in [0.29, 0.717) is 19.7 Å². The van der Waals surface area contributed by atoms with E-state index in [1.54, 1.807) is 11.8 Å². The lowest BCUT2D eigenvalue weighted by atomic mass is 10.0. The molecule has 2 atom stereocenters. The number of piperidine rings is 1. The van der Waals surface area contributed by atoms with E-state index in [1.165, 1.54) is 0 Å². The summed E-state index contributed by atoms with van der Waals surface area (Å²) in [6.07, 6.45) is 0.349. The van der Waals surface area contributed by atoms with E-state index < -0.39 is 15.9 Å². The molecule has 2 aliphatic rings. The van der Waals surface area contributed by atoms with Crippen LogP contribution < -0.4 is 5.32 Å². The molecule has 0 aromatic carbocycles. The van der Waals surface area contributed by atoms with Crippen molar-refractivity contribution in [3.8, 4) is 0 Å². The van der Waals surface area contributed by atoms with Gasteiger partial charge in [-0.15, -0.1) is 0 Å². The average Bonchev–Trinajstić information content (AvgIpc) is 2.63. The minimum Gasteiger partial charge on any atom is -0.450 e. The van der Waals surface area contributed by atoms with Crippen LogP contribution in [0.15, 0.2) is 0 Å². The third-order valence-electron chi connectivity index (χ3n) is 3.79. The Kier molecular flexibility index (Phi) is 4.87. The van der Waals surface area contributed by atoms with Gasteiger partial charge in [-0.2, -0.15) is 0 Å². The van der Waals surface area contributed by atoms with Crippen LogP contribution >= 0.6 is 0 Å². The van der Waals surface area contributed by atoms with E-state index in [9.17, 15) is 18.3 Å². The summed E-state index contributed by atoms with van der Waals surface area (Å²) in [7, 11) is -3.12. The zero-order valence-electron chi connectivity index (χ0n) is 11.6. The van der Waals surface area contributed by atoms with E-state index in [-0.39, 0.29) is 29.7 Å². The Hall–Kier alpha value is -0.860. The van der Waals surface area contributed by atoms with Crippen LogP contribution in [0.1, 0.15) is 19.8 Å². The molecule has 2 fully saturated rings. The molecule has 2 unspecified atom stereocenters. The lowest BCUT2D eigenvalue weighted by Gasteiger charge is -2.33. The van der Waals surface area contributed by atoms with Gasteiger partial charge in [-0.3, -0.25) is 0 Å². The highest BCUT2D eigenvalue weighted by molar-refractivity contribution is 7.91. The molecule has 0 aromatic heterocycles. The van der Waals surface area contributed by atoms with Crippen molar-refractivity contribution in [1.82, 2.24) is 10.2 Å². The Morgan fingerprint density at radius 1 is 1.35 bits per heavy atom. The van der Waals surface area contributed by atoms with Gasteiger partial charge in [-0.1, -0.05) is 0 Å². The van der Waals surface area contributed by atoms with Crippen molar-refractivity contribution in [2.24, 2.45) is 0 Å². The van der Waals surface area contributed by atoms with Gasteiger partial charge in [0.15, 0.2) is 9.84 Å². The number of amides is 1. The molecular formula is C12H22N2O5S. The molecule has 2 rings (SSSR count). The van der Waals surface area contributed by atoms with Crippen LogP contribution in [0.25, 0.3) is 0 Å². The summed E-state index contributed by atoms with van der Waals surface area (Å²) >= 11 is 0. The van der Waals surface area contributed by atoms with Crippen LogP contribution in [-0.2, 0) is 14.6 Å². The highest BCUT2D eigenvalue weighted by Gasteiger charge is 2.38. The number of aliphatic hydroxyl groups is 1. The first-order valence-electron chi connectivity index (χ1n) is 6.97. The minimum absolute atomic E-state index is 0.00768. The number of ether oxygens (including phenoxy) is 1. The number of rotatable bonds is 3. The van der Waals surface area contributed by atoms with E-state index in [1.807, 2.05) is 0 Å². The van der Waals surface area contributed by atoms with Crippen LogP contribution in [0.4, 0.5) is 4.79 Å². The maximum absolute atomic E-state index is 11.6. The lowest BCUT2D eigenvalue weighted by molar-refractivity contribution is 0.0907. The van der Waals surface area contributed by atoms with Gasteiger partial charge in [-0.05, 0) is 19.8 Å². The molecule has 7 nitrogen and oxygen atoms in total. The normalized spacial score (nSPS) is 30.4. The van der Waals surface area contributed by atoms with Gasteiger partial charge in [0, 0.05) is 25.2 Å². The smallest absolute Gasteiger partial charge is 0.409 e. The number of carbonyl (C=O) groups excluding carboxylic acids is 1. The van der Waals surface area contributed by atoms with Crippen LogP contribution in [-0.4, -0.2) is 73.9 Å². The first-order chi connectivity index (χ1) is 9.41. The number of sulfone groups is 1. The number of likely N-dealkylation sites (tertiary alicyclic amines) is 1. The number of hydrogen-bond donors (Lipinski definition) is 2. The molecule has 0 radical (unpaired) electrons. The maximum Gasteiger partial charge on any atom is 0.409 e. The maximum atomic E-state index is 11.6. The Labute approximate surface area is 119 Å². The highest BCUT2D eigenvalue weighted by Crippen LogP contribution is 2.17. The third kappa shape index (κ3) is 3.83. The Bertz CT molecular complexity index is 445. The molecule has 2 aliphatic heterocycles. The molecule has 20 heavy (non-hydrogen) atoms. The first-order valence-corrected chi connectivity index (χ1v) is 8.79. The highest BCUT2D eigenvalue weighted by atomic mass is 32.2. The van der Waals surface area contributed by atoms with E-state index >= 15 is 0 Å². The summed E-state index contributed by atoms with van der Waals surface area (Å²) in [6, 6.07) is -0.257. The summed E-state index contributed by atoms with van der Waals surface area (Å²) < 4.78 is 27.8. The standard InChI is InChI=1S/C12H22N2O5S/c1-2-19-12(16)14-5-3-9(4-6-14)13-10-7-20(17,18)8-11(10)15/h9-11,13,15H,2-8H2,1H3. The number of nitrogens with one attached hydrogen (secondary N) is 1. The van der Waals surface area contributed by atoms with Crippen molar-refractivity contribution >= 4 is 15.9 Å². The summed E-state index contributed by atoms with van der Waals surface area (Å²) in [5.74, 6) is -0.168. The Morgan fingerprint density at radius 2 is 2.00 bits per heavy atom. The molecule has 2 N–H and O–H groups in total. The second-order valence-electron chi connectivity index (χ2n) is 5.38. The summed E-state index contributed by atoms with van der Waals surface area (Å²) in [4.78, 5) is 13.2. The monoisotopic (exact) mass is 306 g/mol. The van der Waals surface area contributed by atoms with Crippen molar-refractivity contribution in [3.05, 3.63) is 0 Å². The van der Waals surface area contributed by atoms with Gasteiger partial charge >= 0.3 is 6.09 Å². The lowest BCUT2D eigenvalue weighted by Crippen LogP contribution is -2.50. The second-order valence-corrected chi connectivity index (χ2v) is 7.53. The quantitative estimate of drug-likeness (QED) is 0.720. The SMILES string of the molecule is CCOC(=O)N1CCC(NC2CS(=O)(=O)CC2O)CC1. The van der Waals surface area contributed by atoms with Gasteiger partial charge in [-0.25, -0.2) is 13.2 Å². The Balaban J connectivity index is 1.79. The molecule has 2 heterocycles. The average molecular weight is 306 g/mol. The van der Waals surface area contributed by atoms with E-state index in [4.69, 9.17) is 4.74 Å². The van der Waals surface area contributed by atoms with E-state index in [0.717, 1.165) is 12.8 Å². The molecule has 1 amide bonds. The molecule has 0 aromatic rings. The van der Waals surface area contributed by atoms with Gasteiger partial charge in [0.2, 0.25) is 0 Å². The fraction of sp³-hybridized carbons (Fsp3) is 0.917. The van der Waals surface area contributed by atoms with Crippen molar-refractivity contribution in [1.29, 1.82) is 0 Å². The van der Waals surface area contributed by atoms with Crippen molar-refractivity contribution in [2.75, 3.05) is 31.2 Å². The molecule has 0 spiro atoms. The number of aliphatic hydroxyl groups excluding tert-OH is 1. The van der Waals surface area contributed by atoms with Gasteiger partial charge in [0.25, 0.3) is 0 Å². The molecule has 2 saturated heterocycles. The number of nitrogens with zero attached hydrogens (tertiary/aromatic N) is 1. The van der Waals surface area contributed by atoms with Crippen molar-refractivity contribution in [3.63, 3.8) is 0 Å². The molecular weight excluding hydrogens is 284 g/mol. The predicted octanol–water partition coefficient (Wildman–Crippen LogP) is -0.645. The van der Waals surface area contributed by atoms with Crippen LogP contribution in [0.5, 0.6) is 0 Å². The largest absolute Gasteiger partial charge is 0.450 e.